The highest BCUT2D eigenvalue weighted by atomic mass is 16.5. The van der Waals surface area contributed by atoms with Gasteiger partial charge < -0.3 is 24.3 Å². The van der Waals surface area contributed by atoms with Crippen LogP contribution in [0.3, 0.4) is 0 Å². The summed E-state index contributed by atoms with van der Waals surface area (Å²) in [7, 11) is 5.30. The van der Waals surface area contributed by atoms with Crippen molar-refractivity contribution in [2.45, 2.75) is 20.4 Å². The molecule has 3 heterocycles. The van der Waals surface area contributed by atoms with Crippen LogP contribution in [0.4, 0.5) is 17.5 Å². The van der Waals surface area contributed by atoms with Crippen molar-refractivity contribution in [3.05, 3.63) is 34.4 Å². The van der Waals surface area contributed by atoms with E-state index in [0.29, 0.717) is 44.7 Å². The summed E-state index contributed by atoms with van der Waals surface area (Å²) in [6.07, 6.45) is 1.73. The van der Waals surface area contributed by atoms with Crippen molar-refractivity contribution in [1.82, 2.24) is 24.3 Å². The lowest BCUT2D eigenvalue weighted by Crippen LogP contribution is -2.24. The van der Waals surface area contributed by atoms with E-state index in [1.807, 2.05) is 30.5 Å². The van der Waals surface area contributed by atoms with E-state index in [1.54, 1.807) is 26.4 Å². The zero-order valence-electron chi connectivity index (χ0n) is 18.2. The van der Waals surface area contributed by atoms with Crippen LogP contribution in [0.25, 0.3) is 11.0 Å². The third kappa shape index (κ3) is 4.77. The molecule has 30 heavy (non-hydrogen) atoms. The summed E-state index contributed by atoms with van der Waals surface area (Å²) in [5, 5.41) is 7.99. The number of aryl methyl sites for hydroxylation is 2. The highest BCUT2D eigenvalue weighted by Gasteiger charge is 2.19. The Morgan fingerprint density at radius 3 is 2.73 bits per heavy atom. The molecule has 10 nitrogen and oxygen atoms in total. The number of pyridine rings is 1. The number of nitrogens with one attached hydrogen (secondary N) is 1. The van der Waals surface area contributed by atoms with Gasteiger partial charge in [-0.2, -0.15) is 10.1 Å². The summed E-state index contributed by atoms with van der Waals surface area (Å²) in [6, 6.07) is 3.25. The molecule has 0 aromatic carbocycles. The van der Waals surface area contributed by atoms with Crippen LogP contribution in [0.5, 0.6) is 0 Å². The molecule has 3 aromatic heterocycles. The Hall–Kier alpha value is -2.98. The molecular formula is C20H29N7O3. The maximum Gasteiger partial charge on any atom is 0.250 e. The monoisotopic (exact) mass is 415 g/mol. The molecule has 0 aliphatic rings. The number of nitrogens with zero attached hydrogens (tertiary/aromatic N) is 6. The van der Waals surface area contributed by atoms with Gasteiger partial charge in [0.15, 0.2) is 5.82 Å². The van der Waals surface area contributed by atoms with Gasteiger partial charge in [-0.05, 0) is 19.9 Å². The molecule has 0 aliphatic carbocycles. The molecule has 162 valence electrons. The van der Waals surface area contributed by atoms with Crippen LogP contribution in [-0.4, -0.2) is 64.8 Å². The molecule has 0 fully saturated rings. The van der Waals surface area contributed by atoms with E-state index in [4.69, 9.17) is 19.4 Å². The average molecular weight is 415 g/mol. The van der Waals surface area contributed by atoms with Gasteiger partial charge in [0.05, 0.1) is 31.1 Å². The van der Waals surface area contributed by atoms with Gasteiger partial charge in [-0.25, -0.2) is 4.98 Å². The normalized spacial score (nSPS) is 11.2. The summed E-state index contributed by atoms with van der Waals surface area (Å²) >= 11 is 0. The van der Waals surface area contributed by atoms with Crippen molar-refractivity contribution in [3.63, 3.8) is 0 Å². The third-order valence-corrected chi connectivity index (χ3v) is 4.72. The molecule has 3 aromatic rings. The van der Waals surface area contributed by atoms with E-state index < -0.39 is 0 Å². The Labute approximate surface area is 175 Å². The predicted octanol–water partition coefficient (Wildman–Crippen LogP) is 1.70. The molecule has 3 rings (SSSR count). The van der Waals surface area contributed by atoms with E-state index >= 15 is 0 Å². The van der Waals surface area contributed by atoms with Gasteiger partial charge in [0.25, 0.3) is 0 Å². The number of anilines is 3. The van der Waals surface area contributed by atoms with Crippen molar-refractivity contribution in [2.24, 2.45) is 7.05 Å². The summed E-state index contributed by atoms with van der Waals surface area (Å²) < 4.78 is 14.1. The minimum absolute atomic E-state index is 0.0778. The van der Waals surface area contributed by atoms with E-state index in [9.17, 15) is 4.79 Å². The summed E-state index contributed by atoms with van der Waals surface area (Å²) in [6.45, 7) is 6.88. The first-order chi connectivity index (χ1) is 14.4. The Bertz CT molecular complexity index is 1060. The van der Waals surface area contributed by atoms with Crippen LogP contribution in [0, 0.1) is 6.92 Å². The maximum atomic E-state index is 11.7. The molecule has 0 saturated heterocycles. The highest BCUT2D eigenvalue weighted by molar-refractivity contribution is 5.90. The van der Waals surface area contributed by atoms with Gasteiger partial charge in [0.1, 0.15) is 11.0 Å². The zero-order valence-corrected chi connectivity index (χ0v) is 18.2. The fourth-order valence-electron chi connectivity index (χ4n) is 3.07. The summed E-state index contributed by atoms with van der Waals surface area (Å²) in [5.74, 6) is 1.19. The molecule has 0 unspecified atom stereocenters. The van der Waals surface area contributed by atoms with E-state index in [0.717, 1.165) is 22.4 Å². The lowest BCUT2D eigenvalue weighted by molar-refractivity contribution is 0.137. The Morgan fingerprint density at radius 1 is 1.23 bits per heavy atom. The molecule has 0 saturated carbocycles. The zero-order chi connectivity index (χ0) is 21.7. The van der Waals surface area contributed by atoms with Crippen LogP contribution in [0.1, 0.15) is 12.6 Å². The van der Waals surface area contributed by atoms with Gasteiger partial charge >= 0.3 is 0 Å². The number of aromatic nitrogens is 5. The van der Waals surface area contributed by atoms with Crippen LogP contribution >= 0.6 is 0 Å². The molecule has 0 spiro atoms. The number of fused-ring (bicyclic) bond motifs is 1. The second-order valence-electron chi connectivity index (χ2n) is 6.98. The average Bonchev–Trinajstić information content (AvgIpc) is 3.05. The lowest BCUT2D eigenvalue weighted by Gasteiger charge is -2.18. The Morgan fingerprint density at radius 2 is 2.03 bits per heavy atom. The molecule has 0 atom stereocenters. The fourth-order valence-corrected chi connectivity index (χ4v) is 3.07. The third-order valence-electron chi connectivity index (χ3n) is 4.72. The second kappa shape index (κ2) is 9.68. The first kappa shape index (κ1) is 21.7. The van der Waals surface area contributed by atoms with Crippen molar-refractivity contribution in [3.8, 4) is 0 Å². The first-order valence-corrected chi connectivity index (χ1v) is 9.91. The van der Waals surface area contributed by atoms with Crippen molar-refractivity contribution in [2.75, 3.05) is 50.7 Å². The maximum absolute atomic E-state index is 11.7. The molecule has 0 aliphatic heterocycles. The fraction of sp³-hybridized carbons (Fsp3) is 0.500. The van der Waals surface area contributed by atoms with E-state index in [1.165, 1.54) is 10.6 Å². The SMILES string of the molecule is CCOCCn1nc(C)c2nc(N(C)CCOC)nc(Nc3ccc(=O)n(C)c3)c21. The van der Waals surface area contributed by atoms with Gasteiger partial charge in [0.2, 0.25) is 11.5 Å². The first-order valence-electron chi connectivity index (χ1n) is 9.91. The minimum atomic E-state index is -0.0778. The highest BCUT2D eigenvalue weighted by Crippen LogP contribution is 2.28. The van der Waals surface area contributed by atoms with E-state index in [-0.39, 0.29) is 5.56 Å². The van der Waals surface area contributed by atoms with Crippen molar-refractivity contribution >= 4 is 28.5 Å². The molecule has 0 amide bonds. The molecule has 0 radical (unpaired) electrons. The Kier molecular flexibility index (Phi) is 7.01. The van der Waals surface area contributed by atoms with Crippen LogP contribution in [0.15, 0.2) is 23.1 Å². The van der Waals surface area contributed by atoms with E-state index in [2.05, 4.69) is 10.4 Å². The van der Waals surface area contributed by atoms with Crippen LogP contribution in [0.2, 0.25) is 0 Å². The quantitative estimate of drug-likeness (QED) is 0.500. The Balaban J connectivity index is 2.08. The minimum Gasteiger partial charge on any atom is -0.383 e. The lowest BCUT2D eigenvalue weighted by atomic mass is 10.3. The van der Waals surface area contributed by atoms with Crippen molar-refractivity contribution in [1.29, 1.82) is 0 Å². The largest absolute Gasteiger partial charge is 0.383 e. The number of ether oxygens (including phenoxy) is 2. The molecule has 0 bridgehead atoms. The number of hydrogen-bond donors (Lipinski definition) is 1. The number of likely N-dealkylation sites (N-methyl/N-ethyl adjacent to an activating group) is 1. The van der Waals surface area contributed by atoms with Crippen molar-refractivity contribution < 1.29 is 9.47 Å². The molecular weight excluding hydrogens is 386 g/mol. The van der Waals surface area contributed by atoms with Crippen LogP contribution in [-0.2, 0) is 23.1 Å². The second-order valence-corrected chi connectivity index (χ2v) is 6.98. The van der Waals surface area contributed by atoms with Gasteiger partial charge in [0, 0.05) is 46.6 Å². The predicted molar refractivity (Wildman–Crippen MR) is 117 cm³/mol. The van der Waals surface area contributed by atoms with Crippen LogP contribution < -0.4 is 15.8 Å². The summed E-state index contributed by atoms with van der Waals surface area (Å²) in [5.41, 5.74) is 3.05. The van der Waals surface area contributed by atoms with Gasteiger partial charge in [-0.15, -0.1) is 0 Å². The number of rotatable bonds is 10. The topological polar surface area (TPSA) is 99.3 Å². The molecule has 10 heteroatoms. The number of methoxy groups -OCH3 is 1. The smallest absolute Gasteiger partial charge is 0.250 e. The summed E-state index contributed by atoms with van der Waals surface area (Å²) in [4.78, 5) is 23.2. The standard InChI is InChI=1S/C20H29N7O3/c1-6-30-12-10-27-18-17(14(2)24-27)22-20(25(3)9-11-29-5)23-19(18)21-15-7-8-16(28)26(4)13-15/h7-8,13H,6,9-12H2,1-5H3,(H,21,22,23). The van der Waals surface area contributed by atoms with Gasteiger partial charge in [-0.1, -0.05) is 0 Å². The number of hydrogen-bond acceptors (Lipinski definition) is 8. The van der Waals surface area contributed by atoms with Gasteiger partial charge in [-0.3, -0.25) is 9.48 Å². The molecule has 1 N–H and O–H groups in total.